The molecule has 1 saturated heterocycles. The van der Waals surface area contributed by atoms with Crippen molar-refractivity contribution >= 4 is 0 Å². The Kier molecular flexibility index (Phi) is 3.15. The highest BCUT2D eigenvalue weighted by atomic mass is 19.1. The minimum absolute atomic E-state index is 0.172. The molecule has 2 rings (SSSR count). The Morgan fingerprint density at radius 3 is 2.88 bits per heavy atom. The van der Waals surface area contributed by atoms with Crippen LogP contribution < -0.4 is 11.2 Å². The number of H-pyrrole nitrogens is 1. The minimum Gasteiger partial charge on any atom is -0.351 e. The molecule has 1 fully saturated rings. The van der Waals surface area contributed by atoms with Crippen molar-refractivity contribution in [3.05, 3.63) is 32.6 Å². The molecule has 6 heteroatoms. The van der Waals surface area contributed by atoms with Crippen LogP contribution in [0.3, 0.4) is 0 Å². The van der Waals surface area contributed by atoms with Crippen LogP contribution in [0.15, 0.2) is 15.8 Å². The van der Waals surface area contributed by atoms with Gasteiger partial charge in [0.05, 0.1) is 6.10 Å². The molecule has 0 aliphatic carbocycles. The Bertz CT molecular complexity index is 522. The molecule has 2 heterocycles. The van der Waals surface area contributed by atoms with Crippen molar-refractivity contribution in [1.29, 1.82) is 0 Å². The van der Waals surface area contributed by atoms with E-state index in [9.17, 15) is 14.0 Å². The molecule has 0 aromatic carbocycles. The average Bonchev–Trinajstić information content (AvgIpc) is 2.65. The summed E-state index contributed by atoms with van der Waals surface area (Å²) in [5, 5.41) is 0. The number of hydrogen-bond donors (Lipinski definition) is 1. The van der Waals surface area contributed by atoms with Crippen LogP contribution in [-0.2, 0) is 4.74 Å². The van der Waals surface area contributed by atoms with Gasteiger partial charge in [0, 0.05) is 18.2 Å². The molecule has 0 amide bonds. The maximum absolute atomic E-state index is 13.7. The Labute approximate surface area is 97.2 Å². The molecule has 0 saturated carbocycles. The van der Waals surface area contributed by atoms with Gasteiger partial charge in [0.15, 0.2) is 6.23 Å². The van der Waals surface area contributed by atoms with Crippen molar-refractivity contribution in [2.24, 2.45) is 0 Å². The largest absolute Gasteiger partial charge is 0.351 e. The minimum atomic E-state index is -1.22. The van der Waals surface area contributed by atoms with Crippen LogP contribution in [0.5, 0.6) is 0 Å². The number of hydrogen-bond acceptors (Lipinski definition) is 3. The van der Waals surface area contributed by atoms with Gasteiger partial charge in [-0.25, -0.2) is 9.18 Å². The van der Waals surface area contributed by atoms with Gasteiger partial charge in [-0.1, -0.05) is 6.92 Å². The molecule has 0 bridgehead atoms. The maximum Gasteiger partial charge on any atom is 0.330 e. The van der Waals surface area contributed by atoms with E-state index < -0.39 is 23.6 Å². The van der Waals surface area contributed by atoms with Crippen LogP contribution in [0.2, 0.25) is 0 Å². The lowest BCUT2D eigenvalue weighted by Crippen LogP contribution is -2.35. The quantitative estimate of drug-likeness (QED) is 0.837. The Morgan fingerprint density at radius 2 is 2.29 bits per heavy atom. The average molecular weight is 242 g/mol. The van der Waals surface area contributed by atoms with E-state index in [4.69, 9.17) is 4.74 Å². The topological polar surface area (TPSA) is 64.1 Å². The fraction of sp³-hybridized carbons (Fsp3) is 0.636. The van der Waals surface area contributed by atoms with Crippen LogP contribution in [0.1, 0.15) is 31.6 Å². The number of nitrogens with one attached hydrogen (secondary N) is 1. The first kappa shape index (κ1) is 12.0. The maximum atomic E-state index is 13.7. The van der Waals surface area contributed by atoms with Crippen LogP contribution in [-0.4, -0.2) is 21.8 Å². The normalized spacial score (nSPS) is 28.5. The number of nitrogens with zero attached hydrogens (tertiary/aromatic N) is 1. The second kappa shape index (κ2) is 4.44. The third kappa shape index (κ3) is 2.17. The third-order valence-corrected chi connectivity index (χ3v) is 3.00. The van der Waals surface area contributed by atoms with E-state index >= 15 is 0 Å². The molecular weight excluding hydrogens is 227 g/mol. The Balaban J connectivity index is 2.38. The molecule has 3 atom stereocenters. The summed E-state index contributed by atoms with van der Waals surface area (Å²) in [6.07, 6.45) is 0.0102. The molecule has 1 aliphatic heterocycles. The molecule has 0 radical (unpaired) electrons. The SMILES string of the molecule is CC[C@@H]1CC(F)[C@H](n2cc(C)c(=O)[nH]c2=O)O1. The van der Waals surface area contributed by atoms with Crippen LogP contribution in [0.25, 0.3) is 0 Å². The van der Waals surface area contributed by atoms with Gasteiger partial charge < -0.3 is 4.74 Å². The van der Waals surface area contributed by atoms with Crippen molar-refractivity contribution in [2.45, 2.75) is 45.2 Å². The third-order valence-electron chi connectivity index (χ3n) is 3.00. The number of aromatic nitrogens is 2. The summed E-state index contributed by atoms with van der Waals surface area (Å²) in [5.74, 6) is 0. The van der Waals surface area contributed by atoms with E-state index in [1.807, 2.05) is 6.92 Å². The molecule has 1 aromatic heterocycles. The molecule has 1 N–H and O–H groups in total. The van der Waals surface area contributed by atoms with Crippen LogP contribution in [0.4, 0.5) is 4.39 Å². The molecule has 17 heavy (non-hydrogen) atoms. The van der Waals surface area contributed by atoms with Crippen molar-refractivity contribution in [2.75, 3.05) is 0 Å². The van der Waals surface area contributed by atoms with Crippen molar-refractivity contribution in [3.8, 4) is 0 Å². The molecule has 0 spiro atoms. The molecule has 1 unspecified atom stereocenters. The van der Waals surface area contributed by atoms with E-state index in [0.29, 0.717) is 12.0 Å². The van der Waals surface area contributed by atoms with Crippen LogP contribution in [0, 0.1) is 6.92 Å². The van der Waals surface area contributed by atoms with Gasteiger partial charge in [0.2, 0.25) is 0 Å². The Hall–Kier alpha value is -1.43. The first-order valence-electron chi connectivity index (χ1n) is 5.64. The molecule has 1 aromatic rings. The number of aryl methyl sites for hydroxylation is 1. The summed E-state index contributed by atoms with van der Waals surface area (Å²) in [7, 11) is 0. The monoisotopic (exact) mass is 242 g/mol. The predicted octanol–water partition coefficient (Wildman–Crippen LogP) is 0.881. The number of alkyl halides is 1. The highest BCUT2D eigenvalue weighted by Crippen LogP contribution is 2.31. The van der Waals surface area contributed by atoms with Gasteiger partial charge in [0.1, 0.15) is 6.17 Å². The molecule has 1 aliphatic rings. The standard InChI is InChI=1S/C11H15FN2O3/c1-3-7-4-8(12)10(17-7)14-5-6(2)9(15)13-11(14)16/h5,7-8,10H,3-4H2,1-2H3,(H,13,15,16)/t7-,8?,10-/m1/s1. The summed E-state index contributed by atoms with van der Waals surface area (Å²) in [6.45, 7) is 3.47. The summed E-state index contributed by atoms with van der Waals surface area (Å²) in [5.41, 5.74) is -0.725. The number of ether oxygens (including phenoxy) is 1. The van der Waals surface area contributed by atoms with Gasteiger partial charge in [-0.05, 0) is 13.3 Å². The summed E-state index contributed by atoms with van der Waals surface area (Å²) < 4.78 is 20.3. The number of halogens is 1. The molecule has 5 nitrogen and oxygen atoms in total. The summed E-state index contributed by atoms with van der Waals surface area (Å²) >= 11 is 0. The fourth-order valence-electron chi connectivity index (χ4n) is 1.98. The van der Waals surface area contributed by atoms with Gasteiger partial charge in [0.25, 0.3) is 5.56 Å². The predicted molar refractivity (Wildman–Crippen MR) is 59.8 cm³/mol. The fourth-order valence-corrected chi connectivity index (χ4v) is 1.98. The smallest absolute Gasteiger partial charge is 0.330 e. The van der Waals surface area contributed by atoms with Crippen LogP contribution >= 0.6 is 0 Å². The summed E-state index contributed by atoms with van der Waals surface area (Å²) in [4.78, 5) is 24.9. The zero-order valence-corrected chi connectivity index (χ0v) is 9.77. The number of aromatic amines is 1. The molecular formula is C11H15FN2O3. The second-order valence-corrected chi connectivity index (χ2v) is 4.29. The lowest BCUT2D eigenvalue weighted by Gasteiger charge is -2.16. The van der Waals surface area contributed by atoms with Crippen molar-refractivity contribution in [3.63, 3.8) is 0 Å². The van der Waals surface area contributed by atoms with E-state index in [2.05, 4.69) is 4.98 Å². The van der Waals surface area contributed by atoms with E-state index in [1.165, 1.54) is 6.20 Å². The van der Waals surface area contributed by atoms with Gasteiger partial charge in [-0.15, -0.1) is 0 Å². The zero-order chi connectivity index (χ0) is 12.6. The van der Waals surface area contributed by atoms with Crippen molar-refractivity contribution < 1.29 is 9.13 Å². The lowest BCUT2D eigenvalue weighted by atomic mass is 10.2. The van der Waals surface area contributed by atoms with Gasteiger partial charge in [-0.2, -0.15) is 0 Å². The van der Waals surface area contributed by atoms with E-state index in [0.717, 1.165) is 4.57 Å². The highest BCUT2D eigenvalue weighted by Gasteiger charge is 2.36. The van der Waals surface area contributed by atoms with E-state index in [1.54, 1.807) is 6.92 Å². The van der Waals surface area contributed by atoms with Gasteiger partial charge >= 0.3 is 5.69 Å². The molecule has 94 valence electrons. The first-order chi connectivity index (χ1) is 8.02. The summed E-state index contributed by atoms with van der Waals surface area (Å²) in [6, 6.07) is 0. The van der Waals surface area contributed by atoms with Gasteiger partial charge in [-0.3, -0.25) is 14.3 Å². The zero-order valence-electron chi connectivity index (χ0n) is 9.77. The highest BCUT2D eigenvalue weighted by molar-refractivity contribution is 5.02. The Morgan fingerprint density at radius 1 is 1.59 bits per heavy atom. The first-order valence-corrected chi connectivity index (χ1v) is 5.64. The van der Waals surface area contributed by atoms with E-state index in [-0.39, 0.29) is 12.5 Å². The lowest BCUT2D eigenvalue weighted by molar-refractivity contribution is -0.0224. The number of rotatable bonds is 2. The van der Waals surface area contributed by atoms with Crippen molar-refractivity contribution in [1.82, 2.24) is 9.55 Å². The second-order valence-electron chi connectivity index (χ2n) is 4.29.